The standard InChI is InChI=1S/C25H26N6O3S/c1-16(23(32)29-10-12-30(13-11-29)24(33)21-7-4-14-34-21)35-25-28-27-22(31(25)17-8-9-17)19-15-26-20-6-3-2-5-18(19)20/h2-7,14-17,26H,8-13H2,1H3. The first-order valence-electron chi connectivity index (χ1n) is 11.9. The van der Waals surface area contributed by atoms with E-state index in [1.165, 1.54) is 18.0 Å². The number of rotatable bonds is 6. The number of aromatic nitrogens is 4. The predicted octanol–water partition coefficient (Wildman–Crippen LogP) is 3.82. The average molecular weight is 491 g/mol. The Kier molecular flexibility index (Phi) is 5.60. The van der Waals surface area contributed by atoms with Crippen molar-refractivity contribution in [2.45, 2.75) is 36.2 Å². The summed E-state index contributed by atoms with van der Waals surface area (Å²) in [6, 6.07) is 11.9. The molecule has 180 valence electrons. The Balaban J connectivity index is 1.15. The number of carbonyl (C=O) groups is 2. The molecule has 6 rings (SSSR count). The van der Waals surface area contributed by atoms with E-state index in [2.05, 4.69) is 31.9 Å². The maximum atomic E-state index is 13.2. The van der Waals surface area contributed by atoms with Crippen LogP contribution in [0.1, 0.15) is 36.4 Å². The van der Waals surface area contributed by atoms with Crippen molar-refractivity contribution in [2.75, 3.05) is 26.2 Å². The van der Waals surface area contributed by atoms with Crippen molar-refractivity contribution in [3.05, 3.63) is 54.6 Å². The number of para-hydroxylation sites is 1. The van der Waals surface area contributed by atoms with Gasteiger partial charge < -0.3 is 19.2 Å². The summed E-state index contributed by atoms with van der Waals surface area (Å²) >= 11 is 1.46. The fraction of sp³-hybridized carbons (Fsp3) is 0.360. The van der Waals surface area contributed by atoms with Crippen LogP contribution in [-0.4, -0.2) is 72.8 Å². The van der Waals surface area contributed by atoms with Crippen LogP contribution in [0.5, 0.6) is 0 Å². The number of nitrogens with one attached hydrogen (secondary N) is 1. The zero-order chi connectivity index (χ0) is 23.9. The van der Waals surface area contributed by atoms with Crippen molar-refractivity contribution in [2.24, 2.45) is 0 Å². The minimum atomic E-state index is -0.306. The summed E-state index contributed by atoms with van der Waals surface area (Å²) in [7, 11) is 0. The molecule has 1 atom stereocenters. The smallest absolute Gasteiger partial charge is 0.289 e. The van der Waals surface area contributed by atoms with E-state index in [1.807, 2.05) is 30.2 Å². The number of furan rings is 1. The molecule has 10 heteroatoms. The van der Waals surface area contributed by atoms with Crippen molar-refractivity contribution in [1.29, 1.82) is 0 Å². The lowest BCUT2D eigenvalue weighted by molar-refractivity contribution is -0.131. The second kappa shape index (κ2) is 8.92. The van der Waals surface area contributed by atoms with Crippen LogP contribution in [-0.2, 0) is 4.79 Å². The minimum absolute atomic E-state index is 0.0547. The van der Waals surface area contributed by atoms with Gasteiger partial charge in [0.05, 0.1) is 11.5 Å². The highest BCUT2D eigenvalue weighted by atomic mass is 32.2. The highest BCUT2D eigenvalue weighted by molar-refractivity contribution is 8.00. The molecule has 4 heterocycles. The van der Waals surface area contributed by atoms with Crippen LogP contribution in [0.15, 0.2) is 58.4 Å². The largest absolute Gasteiger partial charge is 0.459 e. The highest BCUT2D eigenvalue weighted by Crippen LogP contribution is 2.43. The van der Waals surface area contributed by atoms with Gasteiger partial charge in [0, 0.05) is 54.9 Å². The van der Waals surface area contributed by atoms with Gasteiger partial charge in [0.25, 0.3) is 5.91 Å². The van der Waals surface area contributed by atoms with E-state index in [4.69, 9.17) is 4.42 Å². The van der Waals surface area contributed by atoms with Crippen LogP contribution >= 0.6 is 11.8 Å². The lowest BCUT2D eigenvalue weighted by Gasteiger charge is -2.35. The number of aromatic amines is 1. The van der Waals surface area contributed by atoms with Crippen LogP contribution in [0, 0.1) is 0 Å². The predicted molar refractivity (Wildman–Crippen MR) is 132 cm³/mol. The number of hydrogen-bond donors (Lipinski definition) is 1. The molecule has 9 nitrogen and oxygen atoms in total. The molecule has 1 saturated heterocycles. The summed E-state index contributed by atoms with van der Waals surface area (Å²) in [4.78, 5) is 32.6. The molecule has 1 aliphatic heterocycles. The van der Waals surface area contributed by atoms with Gasteiger partial charge in [-0.15, -0.1) is 10.2 Å². The Morgan fingerprint density at radius 1 is 1.06 bits per heavy atom. The van der Waals surface area contributed by atoms with Gasteiger partial charge in [0.1, 0.15) is 0 Å². The van der Waals surface area contributed by atoms with Crippen molar-refractivity contribution < 1.29 is 14.0 Å². The lowest BCUT2D eigenvalue weighted by atomic mass is 10.1. The number of thioether (sulfide) groups is 1. The molecule has 1 N–H and O–H groups in total. The second-order valence-electron chi connectivity index (χ2n) is 9.01. The molecular weight excluding hydrogens is 464 g/mol. The Bertz CT molecular complexity index is 1370. The van der Waals surface area contributed by atoms with E-state index >= 15 is 0 Å². The number of nitrogens with zero attached hydrogens (tertiary/aromatic N) is 5. The Hall–Kier alpha value is -3.53. The molecule has 0 radical (unpaired) electrons. The van der Waals surface area contributed by atoms with E-state index < -0.39 is 0 Å². The van der Waals surface area contributed by atoms with E-state index in [-0.39, 0.29) is 17.1 Å². The molecule has 35 heavy (non-hydrogen) atoms. The molecule has 0 bridgehead atoms. The van der Waals surface area contributed by atoms with E-state index in [1.54, 1.807) is 17.0 Å². The first kappa shape index (κ1) is 22.0. The molecule has 4 aromatic rings. The Morgan fingerprint density at radius 3 is 2.57 bits per heavy atom. The molecule has 3 aromatic heterocycles. The number of hydrogen-bond acceptors (Lipinski definition) is 6. The van der Waals surface area contributed by atoms with Crippen LogP contribution < -0.4 is 0 Å². The topological polar surface area (TPSA) is 100 Å². The van der Waals surface area contributed by atoms with Crippen molar-refractivity contribution in [3.8, 4) is 11.4 Å². The van der Waals surface area contributed by atoms with Gasteiger partial charge in [-0.3, -0.25) is 14.2 Å². The third-order valence-corrected chi connectivity index (χ3v) is 7.69. The maximum absolute atomic E-state index is 13.2. The van der Waals surface area contributed by atoms with E-state index in [9.17, 15) is 9.59 Å². The molecule has 2 fully saturated rings. The zero-order valence-electron chi connectivity index (χ0n) is 19.4. The number of carbonyl (C=O) groups excluding carboxylic acids is 2. The first-order valence-corrected chi connectivity index (χ1v) is 12.8. The fourth-order valence-corrected chi connectivity index (χ4v) is 5.61. The Labute approximate surface area is 206 Å². The molecule has 2 aliphatic rings. The number of fused-ring (bicyclic) bond motifs is 1. The van der Waals surface area contributed by atoms with Gasteiger partial charge in [0.15, 0.2) is 16.7 Å². The zero-order valence-corrected chi connectivity index (χ0v) is 20.2. The van der Waals surface area contributed by atoms with E-state index in [0.717, 1.165) is 40.3 Å². The number of amides is 2. The van der Waals surface area contributed by atoms with Gasteiger partial charge >= 0.3 is 0 Å². The molecule has 0 spiro atoms. The van der Waals surface area contributed by atoms with E-state index in [0.29, 0.717) is 38.0 Å². The van der Waals surface area contributed by atoms with Crippen molar-refractivity contribution >= 4 is 34.5 Å². The molecule has 1 aromatic carbocycles. The van der Waals surface area contributed by atoms with Crippen molar-refractivity contribution in [3.63, 3.8) is 0 Å². The minimum Gasteiger partial charge on any atom is -0.459 e. The third kappa shape index (κ3) is 4.12. The number of piperazine rings is 1. The Morgan fingerprint density at radius 2 is 1.83 bits per heavy atom. The first-order chi connectivity index (χ1) is 17.1. The second-order valence-corrected chi connectivity index (χ2v) is 10.3. The lowest BCUT2D eigenvalue weighted by Crippen LogP contribution is -2.52. The number of benzene rings is 1. The molecule has 1 unspecified atom stereocenters. The average Bonchev–Trinajstić information content (AvgIpc) is 3.27. The van der Waals surface area contributed by atoms with Gasteiger partial charge in [-0.1, -0.05) is 30.0 Å². The van der Waals surface area contributed by atoms with Gasteiger partial charge in [-0.25, -0.2) is 0 Å². The summed E-state index contributed by atoms with van der Waals surface area (Å²) in [6.07, 6.45) is 5.67. The van der Waals surface area contributed by atoms with Crippen molar-refractivity contribution in [1.82, 2.24) is 29.5 Å². The fourth-order valence-electron chi connectivity index (χ4n) is 4.61. The maximum Gasteiger partial charge on any atom is 0.289 e. The summed E-state index contributed by atoms with van der Waals surface area (Å²) in [5, 5.41) is 10.6. The van der Waals surface area contributed by atoms with Crippen LogP contribution in [0.3, 0.4) is 0 Å². The van der Waals surface area contributed by atoms with Gasteiger partial charge in [-0.2, -0.15) is 0 Å². The van der Waals surface area contributed by atoms with Crippen LogP contribution in [0.25, 0.3) is 22.3 Å². The monoisotopic (exact) mass is 490 g/mol. The summed E-state index contributed by atoms with van der Waals surface area (Å²) in [5.74, 6) is 1.10. The molecule has 1 aliphatic carbocycles. The quantitative estimate of drug-likeness (QED) is 0.413. The molecular formula is C25H26N6O3S. The summed E-state index contributed by atoms with van der Waals surface area (Å²) in [5.41, 5.74) is 2.10. The molecule has 1 saturated carbocycles. The third-order valence-electron chi connectivity index (χ3n) is 6.65. The highest BCUT2D eigenvalue weighted by Gasteiger charge is 2.34. The summed E-state index contributed by atoms with van der Waals surface area (Å²) in [6.45, 7) is 3.92. The molecule has 2 amide bonds. The van der Waals surface area contributed by atoms with Gasteiger partial charge in [-0.05, 0) is 38.0 Å². The number of H-pyrrole nitrogens is 1. The van der Waals surface area contributed by atoms with Gasteiger partial charge in [0.2, 0.25) is 5.91 Å². The van der Waals surface area contributed by atoms with Crippen LogP contribution in [0.2, 0.25) is 0 Å². The normalized spacial score (nSPS) is 17.2. The summed E-state index contributed by atoms with van der Waals surface area (Å²) < 4.78 is 7.42. The SMILES string of the molecule is CC(Sc1nnc(-c2c[nH]c3ccccc23)n1C1CC1)C(=O)N1CCN(C(=O)c2ccco2)CC1. The van der Waals surface area contributed by atoms with Crippen LogP contribution in [0.4, 0.5) is 0 Å².